The van der Waals surface area contributed by atoms with Gasteiger partial charge in [0.25, 0.3) is 0 Å². The van der Waals surface area contributed by atoms with Gasteiger partial charge in [-0.3, -0.25) is 9.98 Å². The number of ether oxygens (including phenoxy) is 4. The molecule has 2 aliphatic heterocycles. The van der Waals surface area contributed by atoms with Gasteiger partial charge in [0.05, 0.1) is 50.5 Å². The van der Waals surface area contributed by atoms with E-state index in [9.17, 15) is 30.6 Å². The number of nitrogens with one attached hydrogen (secondary N) is 1. The van der Waals surface area contributed by atoms with Crippen molar-refractivity contribution < 1.29 is 54.7 Å². The monoisotopic (exact) mass is 652 g/mol. The van der Waals surface area contributed by atoms with E-state index in [-0.39, 0.29) is 38.1 Å². The highest BCUT2D eigenvalue weighted by Gasteiger charge is 2.51. The number of nitrogens with two attached hydrogens (primary N) is 5. The fourth-order valence-electron chi connectivity index (χ4n) is 5.75. The second-order valence-corrected chi connectivity index (χ2v) is 12.1. The van der Waals surface area contributed by atoms with Gasteiger partial charge in [-0.2, -0.15) is 0 Å². The van der Waals surface area contributed by atoms with Crippen LogP contribution in [0.15, 0.2) is 9.98 Å². The van der Waals surface area contributed by atoms with Gasteiger partial charge in [-0.15, -0.1) is 0 Å². The second-order valence-electron chi connectivity index (χ2n) is 12.1. The van der Waals surface area contributed by atoms with Gasteiger partial charge in [0.1, 0.15) is 60.0 Å². The molecule has 1 saturated carbocycles. The number of aliphatic hydroxyl groups excluding tert-OH is 6. The summed E-state index contributed by atoms with van der Waals surface area (Å²) in [6.07, 6.45) is -12.6. The third-order valence-corrected chi connectivity index (χ3v) is 8.44. The number of likely N-dealkylation sites (N-methyl/N-ethyl adjacent to an activating group) is 1. The van der Waals surface area contributed by atoms with Crippen molar-refractivity contribution in [2.75, 3.05) is 33.4 Å². The lowest BCUT2D eigenvalue weighted by molar-refractivity contribution is -0.306. The van der Waals surface area contributed by atoms with Crippen LogP contribution in [0.5, 0.6) is 0 Å². The molecule has 0 spiro atoms. The molecule has 262 valence electrons. The molecule has 45 heavy (non-hydrogen) atoms. The van der Waals surface area contributed by atoms with Crippen LogP contribution in [0.3, 0.4) is 0 Å². The number of amidine groups is 2. The Morgan fingerprint density at radius 1 is 1.04 bits per heavy atom. The van der Waals surface area contributed by atoms with Crippen molar-refractivity contribution >= 4 is 11.7 Å². The fraction of sp³-hybridized carbons (Fsp3) is 0.923. The van der Waals surface area contributed by atoms with Gasteiger partial charge in [0, 0.05) is 6.04 Å². The average Bonchev–Trinajstić information content (AvgIpc) is 3.00. The summed E-state index contributed by atoms with van der Waals surface area (Å²) in [6, 6.07) is -3.44. The highest BCUT2D eigenvalue weighted by Crippen LogP contribution is 2.33. The number of aliphatic imine (C=N–C) groups is 2. The fourth-order valence-corrected chi connectivity index (χ4v) is 5.75. The third kappa shape index (κ3) is 9.24. The smallest absolute Gasteiger partial charge is 0.185 e. The third-order valence-electron chi connectivity index (χ3n) is 8.44. The summed E-state index contributed by atoms with van der Waals surface area (Å²) in [5.74, 6) is -0.273. The molecule has 0 aromatic heterocycles. The maximum Gasteiger partial charge on any atom is 0.185 e. The Labute approximate surface area is 261 Å². The van der Waals surface area contributed by atoms with Crippen molar-refractivity contribution in [3.05, 3.63) is 0 Å². The summed E-state index contributed by atoms with van der Waals surface area (Å²) in [5.41, 5.74) is 28.5. The zero-order valence-electron chi connectivity index (χ0n) is 25.6. The van der Waals surface area contributed by atoms with Gasteiger partial charge in [-0.1, -0.05) is 0 Å². The van der Waals surface area contributed by atoms with E-state index in [0.717, 1.165) is 0 Å². The second kappa shape index (κ2) is 16.4. The molecule has 2 saturated heterocycles. The summed E-state index contributed by atoms with van der Waals surface area (Å²) in [4.78, 5) is 8.44. The molecule has 19 nitrogen and oxygen atoms in total. The van der Waals surface area contributed by atoms with Crippen LogP contribution in [0.25, 0.3) is 0 Å². The first kappa shape index (κ1) is 37.8. The van der Waals surface area contributed by atoms with Crippen molar-refractivity contribution in [2.45, 2.75) is 117 Å². The Kier molecular flexibility index (Phi) is 13.8. The quantitative estimate of drug-likeness (QED) is 0.0649. The van der Waals surface area contributed by atoms with Gasteiger partial charge < -0.3 is 88.7 Å². The zero-order valence-corrected chi connectivity index (χ0v) is 25.6. The van der Waals surface area contributed by atoms with Gasteiger partial charge in [-0.25, -0.2) is 0 Å². The molecule has 18 N–H and O–H groups in total. The van der Waals surface area contributed by atoms with Crippen LogP contribution in [-0.2, 0) is 18.9 Å². The lowest BCUT2D eigenvalue weighted by Crippen LogP contribution is -2.67. The van der Waals surface area contributed by atoms with E-state index in [4.69, 9.17) is 52.7 Å². The summed E-state index contributed by atoms with van der Waals surface area (Å²) >= 11 is 0. The minimum Gasteiger partial charge on any atom is -0.394 e. The number of aliphatic hydroxyl groups is 7. The van der Waals surface area contributed by atoms with E-state index >= 15 is 0 Å². The molecule has 0 radical (unpaired) electrons. The van der Waals surface area contributed by atoms with Crippen LogP contribution in [0.1, 0.15) is 26.2 Å². The Balaban J connectivity index is 1.87. The SMILES string of the molecule is CN[C@@H]1[C@@H](O)[C@@H](O[C@@H]2[C@@H](O)[C@H](O[C@H]3O[C@H](CN=C(N)CN)CC[C@H]3N)[C@@H](N)C[C@H]2N=C(N)C(O)C(O)C(O)CO)OC[C@]1(C)O. The topological polar surface area (TPSA) is 345 Å². The van der Waals surface area contributed by atoms with E-state index in [2.05, 4.69) is 15.3 Å². The molecule has 3 fully saturated rings. The summed E-state index contributed by atoms with van der Waals surface area (Å²) in [6.45, 7) is 0.711. The van der Waals surface area contributed by atoms with Gasteiger partial charge in [0.2, 0.25) is 0 Å². The van der Waals surface area contributed by atoms with Crippen LogP contribution >= 0.6 is 0 Å². The highest BCUT2D eigenvalue weighted by atomic mass is 16.7. The van der Waals surface area contributed by atoms with E-state index in [1.54, 1.807) is 7.05 Å². The van der Waals surface area contributed by atoms with Crippen molar-refractivity contribution in [3.8, 4) is 0 Å². The molecule has 0 bridgehead atoms. The molecule has 3 aliphatic rings. The van der Waals surface area contributed by atoms with E-state index in [0.29, 0.717) is 12.8 Å². The molecule has 2 heterocycles. The van der Waals surface area contributed by atoms with Crippen LogP contribution < -0.4 is 34.0 Å². The first-order valence-corrected chi connectivity index (χ1v) is 15.0. The van der Waals surface area contributed by atoms with Crippen molar-refractivity contribution in [1.29, 1.82) is 0 Å². The van der Waals surface area contributed by atoms with Crippen LogP contribution in [0.2, 0.25) is 0 Å². The highest BCUT2D eigenvalue weighted by molar-refractivity contribution is 5.85. The molecule has 1 aliphatic carbocycles. The van der Waals surface area contributed by atoms with Crippen molar-refractivity contribution in [3.63, 3.8) is 0 Å². The van der Waals surface area contributed by atoms with Gasteiger partial charge in [-0.05, 0) is 33.2 Å². The van der Waals surface area contributed by atoms with Gasteiger partial charge in [0.15, 0.2) is 12.6 Å². The minimum absolute atomic E-state index is 0.0445. The Hall–Kier alpha value is -1.66. The van der Waals surface area contributed by atoms with Crippen LogP contribution in [0.4, 0.5) is 0 Å². The molecule has 19 heteroatoms. The van der Waals surface area contributed by atoms with Crippen molar-refractivity contribution in [1.82, 2.24) is 5.32 Å². The molecule has 0 amide bonds. The van der Waals surface area contributed by atoms with Gasteiger partial charge >= 0.3 is 0 Å². The maximum absolute atomic E-state index is 11.6. The molecular weight excluding hydrogens is 600 g/mol. The Morgan fingerprint density at radius 3 is 2.33 bits per heavy atom. The zero-order chi connectivity index (χ0) is 33.6. The number of hydrogen-bond donors (Lipinski definition) is 13. The Bertz CT molecular complexity index is 997. The van der Waals surface area contributed by atoms with Crippen molar-refractivity contribution in [2.24, 2.45) is 38.7 Å². The van der Waals surface area contributed by atoms with Crippen LogP contribution in [0, 0.1) is 0 Å². The summed E-state index contributed by atoms with van der Waals surface area (Å²) in [7, 11) is 1.54. The molecule has 0 aromatic rings. The van der Waals surface area contributed by atoms with E-state index in [1.165, 1.54) is 6.92 Å². The van der Waals surface area contributed by atoms with Crippen LogP contribution in [-0.4, -0.2) is 172 Å². The lowest BCUT2D eigenvalue weighted by atomic mass is 9.83. The Morgan fingerprint density at radius 2 is 1.71 bits per heavy atom. The molecule has 0 aromatic carbocycles. The van der Waals surface area contributed by atoms with E-state index in [1.807, 2.05) is 0 Å². The first-order chi connectivity index (χ1) is 21.1. The minimum atomic E-state index is -1.89. The number of nitrogens with zero attached hydrogens (tertiary/aromatic N) is 2. The largest absolute Gasteiger partial charge is 0.394 e. The summed E-state index contributed by atoms with van der Waals surface area (Å²) in [5, 5.41) is 75.6. The maximum atomic E-state index is 11.6. The first-order valence-electron chi connectivity index (χ1n) is 15.0. The molecule has 3 unspecified atom stereocenters. The normalized spacial score (nSPS) is 42.3. The lowest BCUT2D eigenvalue weighted by Gasteiger charge is -2.48. The predicted molar refractivity (Wildman–Crippen MR) is 159 cm³/mol. The average molecular weight is 653 g/mol. The molecular formula is C26H52N8O11. The standard InChI is InChI=1S/C26H52N8O11/c1-26(41)9-42-25(19(40)22(26)32-2)45-21-13(34-23(31)17(38)16(37)14(36)8-35)5-12(29)20(18(21)39)44-24-11(28)4-3-10(43-24)7-33-15(30)6-27/h10-14,16-22,24-25,32,35-41H,3-9,27-29H2,1-2H3,(H2,30,33)(H2,31,34)/t10-,11+,12-,13+,14?,16?,17?,18-,19+,20+,21-,22+,24+,25+,26-/m0/s1. The van der Waals surface area contributed by atoms with E-state index < -0.39 is 97.5 Å². The predicted octanol–water partition coefficient (Wildman–Crippen LogP) is -7.15. The molecule has 15 atom stereocenters. The summed E-state index contributed by atoms with van der Waals surface area (Å²) < 4.78 is 23.9. The number of rotatable bonds is 13. The number of hydrogen-bond acceptors (Lipinski definition) is 17. The molecule has 3 rings (SSSR count).